The number of aryl methyl sites for hydroxylation is 2. The summed E-state index contributed by atoms with van der Waals surface area (Å²) in [5, 5.41) is 8.29. The van der Waals surface area contributed by atoms with Gasteiger partial charge in [0.1, 0.15) is 6.33 Å². The number of nitrogens with zero attached hydrogens (tertiary/aromatic N) is 5. The van der Waals surface area contributed by atoms with Crippen LogP contribution in [0.25, 0.3) is 17.6 Å². The highest BCUT2D eigenvalue weighted by Crippen LogP contribution is 2.18. The second-order valence-electron chi connectivity index (χ2n) is 6.10. The quantitative estimate of drug-likeness (QED) is 0.811. The van der Waals surface area contributed by atoms with Crippen LogP contribution in [0, 0.1) is 13.8 Å². The number of rotatable bonds is 4. The maximum atomic E-state index is 12.3. The summed E-state index contributed by atoms with van der Waals surface area (Å²) in [6.07, 6.45) is 5.85. The Bertz CT molecular complexity index is 744. The van der Waals surface area contributed by atoms with Gasteiger partial charge in [0.25, 0.3) is 5.91 Å². The third-order valence-corrected chi connectivity index (χ3v) is 4.11. The van der Waals surface area contributed by atoms with Gasteiger partial charge >= 0.3 is 0 Å². The summed E-state index contributed by atoms with van der Waals surface area (Å²) in [7, 11) is 0. The van der Waals surface area contributed by atoms with E-state index in [1.807, 2.05) is 0 Å². The zero-order valence-electron chi connectivity index (χ0n) is 14.4. The zero-order chi connectivity index (χ0) is 17.1. The fourth-order valence-corrected chi connectivity index (χ4v) is 3.05. The Balaban J connectivity index is 1.73. The van der Waals surface area contributed by atoms with Gasteiger partial charge in [0.05, 0.1) is 0 Å². The van der Waals surface area contributed by atoms with Crippen molar-refractivity contribution in [1.82, 2.24) is 24.8 Å². The normalized spacial score (nSPS) is 15.5. The molecule has 1 saturated heterocycles. The lowest BCUT2D eigenvalue weighted by molar-refractivity contribution is -0.137. The first-order valence-corrected chi connectivity index (χ1v) is 8.31. The summed E-state index contributed by atoms with van der Waals surface area (Å²) in [6, 6.07) is 6.24. The maximum Gasteiger partial charge on any atom is 0.262 e. The van der Waals surface area contributed by atoms with Crippen LogP contribution >= 0.6 is 0 Å². The van der Waals surface area contributed by atoms with Crippen molar-refractivity contribution in [3.8, 4) is 11.4 Å². The third kappa shape index (κ3) is 3.54. The molecule has 2 heterocycles. The predicted octanol–water partition coefficient (Wildman–Crippen LogP) is 2.50. The molecule has 1 amide bonds. The lowest BCUT2D eigenvalue weighted by Gasteiger charge is -2.25. The van der Waals surface area contributed by atoms with Crippen molar-refractivity contribution in [3.63, 3.8) is 0 Å². The van der Waals surface area contributed by atoms with Crippen molar-refractivity contribution in [2.45, 2.75) is 27.2 Å². The minimum atomic E-state index is -0.0159. The molecule has 0 spiro atoms. The van der Waals surface area contributed by atoms with Gasteiger partial charge in [-0.1, -0.05) is 24.1 Å². The molecule has 1 aromatic heterocycles. The van der Waals surface area contributed by atoms with E-state index in [1.54, 1.807) is 28.3 Å². The summed E-state index contributed by atoms with van der Waals surface area (Å²) in [6.45, 7) is 8.74. The topological polar surface area (TPSA) is 54.3 Å². The van der Waals surface area contributed by atoms with E-state index in [0.29, 0.717) is 5.82 Å². The average Bonchev–Trinajstić information content (AvgIpc) is 3.20. The Hall–Kier alpha value is -2.47. The summed E-state index contributed by atoms with van der Waals surface area (Å²) in [5.41, 5.74) is 3.35. The Labute approximate surface area is 142 Å². The van der Waals surface area contributed by atoms with Crippen LogP contribution in [0.2, 0.25) is 0 Å². The number of hydrogen-bond acceptors (Lipinski definition) is 4. The highest BCUT2D eigenvalue weighted by atomic mass is 16.2. The molecule has 0 N–H and O–H groups in total. The van der Waals surface area contributed by atoms with E-state index in [4.69, 9.17) is 0 Å². The standard InChI is InChI=1S/C18H23N5O/c1-4-22-7-5-8-23(22)17(24)6-9-21-13-19-18(20-21)16-11-14(2)10-15(3)12-16/h6,9-13H,4-5,7-8H2,1-3H3/b9-6-. The van der Waals surface area contributed by atoms with E-state index in [-0.39, 0.29) is 5.91 Å². The van der Waals surface area contributed by atoms with E-state index in [9.17, 15) is 4.79 Å². The molecular weight excluding hydrogens is 302 g/mol. The van der Waals surface area contributed by atoms with Gasteiger partial charge in [0.2, 0.25) is 0 Å². The fraction of sp³-hybridized carbons (Fsp3) is 0.389. The van der Waals surface area contributed by atoms with Gasteiger partial charge in [-0.15, -0.1) is 5.10 Å². The highest BCUT2D eigenvalue weighted by Gasteiger charge is 2.23. The first-order valence-electron chi connectivity index (χ1n) is 8.31. The van der Waals surface area contributed by atoms with Crippen LogP contribution in [0.1, 0.15) is 24.5 Å². The summed E-state index contributed by atoms with van der Waals surface area (Å²) >= 11 is 0. The molecule has 0 radical (unpaired) electrons. The SMILES string of the molecule is CCN1CCCN1C(=O)/C=C\n1cnc(-c2cc(C)cc(C)c2)n1. The van der Waals surface area contributed by atoms with Gasteiger partial charge in [-0.05, 0) is 32.4 Å². The monoisotopic (exact) mass is 325 g/mol. The molecule has 24 heavy (non-hydrogen) atoms. The maximum absolute atomic E-state index is 12.3. The summed E-state index contributed by atoms with van der Waals surface area (Å²) in [5.74, 6) is 0.646. The van der Waals surface area contributed by atoms with E-state index in [2.05, 4.69) is 54.1 Å². The molecule has 0 aliphatic carbocycles. The molecule has 0 unspecified atom stereocenters. The van der Waals surface area contributed by atoms with Crippen molar-refractivity contribution in [1.29, 1.82) is 0 Å². The van der Waals surface area contributed by atoms with Crippen molar-refractivity contribution >= 4 is 12.1 Å². The van der Waals surface area contributed by atoms with Crippen molar-refractivity contribution < 1.29 is 4.79 Å². The lowest BCUT2D eigenvalue weighted by Crippen LogP contribution is -2.40. The van der Waals surface area contributed by atoms with Crippen LogP contribution in [-0.4, -0.2) is 50.3 Å². The van der Waals surface area contributed by atoms with Crippen LogP contribution in [0.5, 0.6) is 0 Å². The molecule has 1 aliphatic heterocycles. The molecule has 1 fully saturated rings. The third-order valence-electron chi connectivity index (χ3n) is 4.11. The van der Waals surface area contributed by atoms with Gasteiger partial charge < -0.3 is 0 Å². The van der Waals surface area contributed by atoms with Gasteiger partial charge in [0.15, 0.2) is 5.82 Å². The molecule has 3 rings (SSSR count). The second-order valence-corrected chi connectivity index (χ2v) is 6.10. The molecule has 1 aromatic carbocycles. The molecule has 126 valence electrons. The number of benzene rings is 1. The first-order chi connectivity index (χ1) is 11.6. The van der Waals surface area contributed by atoms with Crippen LogP contribution < -0.4 is 0 Å². The largest absolute Gasteiger partial charge is 0.272 e. The summed E-state index contributed by atoms with van der Waals surface area (Å²) < 4.78 is 1.58. The zero-order valence-corrected chi connectivity index (χ0v) is 14.4. The predicted molar refractivity (Wildman–Crippen MR) is 93.8 cm³/mol. The fourth-order valence-electron chi connectivity index (χ4n) is 3.05. The van der Waals surface area contributed by atoms with E-state index in [0.717, 1.165) is 31.6 Å². The Kier molecular flexibility index (Phi) is 4.76. The molecule has 1 aliphatic rings. The van der Waals surface area contributed by atoms with E-state index >= 15 is 0 Å². The van der Waals surface area contributed by atoms with Crippen molar-refractivity contribution in [3.05, 3.63) is 41.7 Å². The molecule has 6 heteroatoms. The van der Waals surface area contributed by atoms with Crippen LogP contribution in [0.15, 0.2) is 30.6 Å². The second kappa shape index (κ2) is 6.97. The number of carbonyl (C=O) groups is 1. The highest BCUT2D eigenvalue weighted by molar-refractivity contribution is 5.89. The molecule has 6 nitrogen and oxygen atoms in total. The van der Waals surface area contributed by atoms with Gasteiger partial charge in [-0.3, -0.25) is 9.80 Å². The smallest absolute Gasteiger partial charge is 0.262 e. The minimum Gasteiger partial charge on any atom is -0.272 e. The van der Waals surface area contributed by atoms with Crippen molar-refractivity contribution in [2.24, 2.45) is 0 Å². The molecule has 0 atom stereocenters. The number of aromatic nitrogens is 3. The summed E-state index contributed by atoms with van der Waals surface area (Å²) in [4.78, 5) is 16.6. The first kappa shape index (κ1) is 16.4. The number of hydrazine groups is 1. The van der Waals surface area contributed by atoms with Crippen LogP contribution in [0.4, 0.5) is 0 Å². The number of carbonyl (C=O) groups excluding carboxylic acids is 1. The van der Waals surface area contributed by atoms with Gasteiger partial charge in [-0.2, -0.15) is 0 Å². The average molecular weight is 325 g/mol. The van der Waals surface area contributed by atoms with Crippen LogP contribution in [-0.2, 0) is 4.79 Å². The lowest BCUT2D eigenvalue weighted by atomic mass is 10.1. The Morgan fingerprint density at radius 3 is 2.67 bits per heavy atom. The number of amides is 1. The van der Waals surface area contributed by atoms with Crippen LogP contribution in [0.3, 0.4) is 0 Å². The van der Waals surface area contributed by atoms with Gasteiger partial charge in [-0.25, -0.2) is 14.7 Å². The molecule has 0 saturated carbocycles. The molecule has 2 aromatic rings. The number of hydrogen-bond donors (Lipinski definition) is 0. The Morgan fingerprint density at radius 1 is 1.21 bits per heavy atom. The van der Waals surface area contributed by atoms with E-state index in [1.165, 1.54) is 11.1 Å². The minimum absolute atomic E-state index is 0.0159. The van der Waals surface area contributed by atoms with Crippen molar-refractivity contribution in [2.75, 3.05) is 19.6 Å². The van der Waals surface area contributed by atoms with Gasteiger partial charge in [0, 0.05) is 37.5 Å². The molecular formula is C18H23N5O. The van der Waals surface area contributed by atoms with E-state index < -0.39 is 0 Å². The Morgan fingerprint density at radius 2 is 1.96 bits per heavy atom. The molecule has 0 bridgehead atoms.